The van der Waals surface area contributed by atoms with E-state index in [4.69, 9.17) is 10.00 Å². The van der Waals surface area contributed by atoms with Crippen molar-refractivity contribution < 1.29 is 9.13 Å². The summed E-state index contributed by atoms with van der Waals surface area (Å²) in [5.74, 6) is -0.428. The van der Waals surface area contributed by atoms with Crippen molar-refractivity contribution in [2.75, 3.05) is 19.0 Å². The number of anilines is 1. The highest BCUT2D eigenvalue weighted by molar-refractivity contribution is 5.50. The molecule has 0 amide bonds. The van der Waals surface area contributed by atoms with Gasteiger partial charge in [0.25, 0.3) is 0 Å². The van der Waals surface area contributed by atoms with Crippen molar-refractivity contribution in [3.63, 3.8) is 0 Å². The van der Waals surface area contributed by atoms with Gasteiger partial charge >= 0.3 is 0 Å². The number of nitrogens with zero attached hydrogens (tertiary/aromatic N) is 1. The Labute approximate surface area is 94.8 Å². The topological polar surface area (TPSA) is 45.0 Å². The molecule has 1 aromatic carbocycles. The van der Waals surface area contributed by atoms with Crippen LogP contribution in [0.25, 0.3) is 0 Å². The van der Waals surface area contributed by atoms with Gasteiger partial charge in [0.1, 0.15) is 5.82 Å². The van der Waals surface area contributed by atoms with E-state index in [1.54, 1.807) is 19.2 Å². The number of hydrogen-bond acceptors (Lipinski definition) is 3. The second-order valence-electron chi connectivity index (χ2n) is 4.25. The summed E-state index contributed by atoms with van der Waals surface area (Å²) in [5, 5.41) is 11.6. The summed E-state index contributed by atoms with van der Waals surface area (Å²) >= 11 is 0. The lowest BCUT2D eigenvalue weighted by molar-refractivity contribution is 0.158. The number of nitriles is 1. The van der Waals surface area contributed by atoms with Gasteiger partial charge in [0.2, 0.25) is 0 Å². The first kappa shape index (κ1) is 12.5. The molecular weight excluding hydrogens is 207 g/mol. The Hall–Kier alpha value is -1.60. The Bertz CT molecular complexity index is 410. The molecule has 16 heavy (non-hydrogen) atoms. The molecule has 3 nitrogen and oxygen atoms in total. The number of halogens is 1. The maximum atomic E-state index is 13.6. The summed E-state index contributed by atoms with van der Waals surface area (Å²) in [6, 6.07) is 6.24. The molecule has 0 fully saturated rings. The zero-order valence-corrected chi connectivity index (χ0v) is 9.67. The average molecular weight is 222 g/mol. The van der Waals surface area contributed by atoms with E-state index in [0.29, 0.717) is 17.9 Å². The molecule has 0 radical (unpaired) electrons. The van der Waals surface area contributed by atoms with Crippen LogP contribution in [0.1, 0.15) is 19.4 Å². The molecule has 1 N–H and O–H groups in total. The van der Waals surface area contributed by atoms with Crippen LogP contribution in [0.15, 0.2) is 18.2 Å². The first-order chi connectivity index (χ1) is 7.48. The van der Waals surface area contributed by atoms with Gasteiger partial charge in [-0.1, -0.05) is 0 Å². The number of rotatable bonds is 4. The average Bonchev–Trinajstić information content (AvgIpc) is 2.20. The van der Waals surface area contributed by atoms with Crippen LogP contribution >= 0.6 is 0 Å². The van der Waals surface area contributed by atoms with Gasteiger partial charge in [0.05, 0.1) is 29.5 Å². The highest BCUT2D eigenvalue weighted by Crippen LogP contribution is 2.20. The molecule has 0 heterocycles. The lowest BCUT2D eigenvalue weighted by Crippen LogP contribution is -2.36. The predicted octanol–water partition coefficient (Wildman–Crippen LogP) is 2.53. The van der Waals surface area contributed by atoms with Gasteiger partial charge < -0.3 is 10.1 Å². The first-order valence-corrected chi connectivity index (χ1v) is 4.95. The molecule has 1 rings (SSSR count). The molecule has 86 valence electrons. The van der Waals surface area contributed by atoms with Crippen molar-refractivity contribution in [3.8, 4) is 6.07 Å². The Kier molecular flexibility index (Phi) is 3.86. The predicted molar refractivity (Wildman–Crippen MR) is 60.7 cm³/mol. The molecule has 0 unspecified atom stereocenters. The molecule has 0 aliphatic carbocycles. The highest BCUT2D eigenvalue weighted by Gasteiger charge is 2.18. The maximum Gasteiger partial charge on any atom is 0.147 e. The molecule has 0 bridgehead atoms. The zero-order chi connectivity index (χ0) is 12.2. The molecule has 0 aromatic heterocycles. The minimum absolute atomic E-state index is 0.313. The molecular formula is C12H15FN2O. The van der Waals surface area contributed by atoms with Crippen LogP contribution in [0, 0.1) is 17.1 Å². The molecule has 0 aliphatic rings. The van der Waals surface area contributed by atoms with E-state index < -0.39 is 5.82 Å². The SMILES string of the molecule is COCC(C)(C)Nc1ccc(C#N)cc1F. The molecule has 4 heteroatoms. The highest BCUT2D eigenvalue weighted by atomic mass is 19.1. The minimum atomic E-state index is -0.428. The van der Waals surface area contributed by atoms with Crippen molar-refractivity contribution >= 4 is 5.69 Å². The zero-order valence-electron chi connectivity index (χ0n) is 9.67. The summed E-state index contributed by atoms with van der Waals surface area (Å²) in [7, 11) is 1.60. The fraction of sp³-hybridized carbons (Fsp3) is 0.417. The van der Waals surface area contributed by atoms with Gasteiger partial charge in [-0.05, 0) is 32.0 Å². The minimum Gasteiger partial charge on any atom is -0.382 e. The number of nitrogens with one attached hydrogen (secondary N) is 1. The van der Waals surface area contributed by atoms with Crippen LogP contribution in [0.3, 0.4) is 0 Å². The third kappa shape index (κ3) is 3.21. The van der Waals surface area contributed by atoms with Crippen molar-refractivity contribution in [2.24, 2.45) is 0 Å². The third-order valence-corrected chi connectivity index (χ3v) is 2.08. The lowest BCUT2D eigenvalue weighted by Gasteiger charge is -2.26. The van der Waals surface area contributed by atoms with E-state index in [1.807, 2.05) is 19.9 Å². The van der Waals surface area contributed by atoms with Gasteiger partial charge in [-0.25, -0.2) is 4.39 Å². The van der Waals surface area contributed by atoms with Crippen molar-refractivity contribution in [1.29, 1.82) is 5.26 Å². The molecule has 0 saturated carbocycles. The smallest absolute Gasteiger partial charge is 0.147 e. The molecule has 0 atom stereocenters. The fourth-order valence-electron chi connectivity index (χ4n) is 1.45. The van der Waals surface area contributed by atoms with Gasteiger partial charge in [0, 0.05) is 7.11 Å². The Morgan fingerprint density at radius 2 is 2.19 bits per heavy atom. The van der Waals surface area contributed by atoms with Crippen LogP contribution in [-0.2, 0) is 4.74 Å². The third-order valence-electron chi connectivity index (χ3n) is 2.08. The van der Waals surface area contributed by atoms with E-state index in [2.05, 4.69) is 5.32 Å². The van der Waals surface area contributed by atoms with Crippen LogP contribution in [-0.4, -0.2) is 19.3 Å². The van der Waals surface area contributed by atoms with Crippen LogP contribution in [0.2, 0.25) is 0 Å². The summed E-state index contributed by atoms with van der Waals surface area (Å²) in [5.41, 5.74) is 0.331. The number of hydrogen-bond donors (Lipinski definition) is 1. The van der Waals surface area contributed by atoms with Gasteiger partial charge in [-0.3, -0.25) is 0 Å². The Morgan fingerprint density at radius 1 is 1.50 bits per heavy atom. The van der Waals surface area contributed by atoms with Crippen molar-refractivity contribution in [3.05, 3.63) is 29.6 Å². The van der Waals surface area contributed by atoms with Crippen molar-refractivity contribution in [1.82, 2.24) is 0 Å². The summed E-state index contributed by atoms with van der Waals surface area (Å²) in [6.45, 7) is 4.29. The fourth-order valence-corrected chi connectivity index (χ4v) is 1.45. The van der Waals surface area contributed by atoms with Crippen LogP contribution < -0.4 is 5.32 Å². The van der Waals surface area contributed by atoms with E-state index in [1.165, 1.54) is 6.07 Å². The standard InChI is InChI=1S/C12H15FN2O/c1-12(2,8-16-3)15-11-5-4-9(7-14)6-10(11)13/h4-6,15H,8H2,1-3H3. The van der Waals surface area contributed by atoms with Gasteiger partial charge in [-0.15, -0.1) is 0 Å². The maximum absolute atomic E-state index is 13.6. The van der Waals surface area contributed by atoms with Gasteiger partial charge in [0.15, 0.2) is 0 Å². The quantitative estimate of drug-likeness (QED) is 0.851. The second kappa shape index (κ2) is 4.95. The van der Waals surface area contributed by atoms with Crippen LogP contribution in [0.5, 0.6) is 0 Å². The summed E-state index contributed by atoms with van der Waals surface area (Å²) in [6.07, 6.45) is 0. The summed E-state index contributed by atoms with van der Waals surface area (Å²) in [4.78, 5) is 0. The normalized spacial score (nSPS) is 10.9. The number of methoxy groups -OCH3 is 1. The number of ether oxygens (including phenoxy) is 1. The van der Waals surface area contributed by atoms with Gasteiger partial charge in [-0.2, -0.15) is 5.26 Å². The largest absolute Gasteiger partial charge is 0.382 e. The van der Waals surface area contributed by atoms with Crippen LogP contribution in [0.4, 0.5) is 10.1 Å². The number of benzene rings is 1. The molecule has 1 aromatic rings. The first-order valence-electron chi connectivity index (χ1n) is 4.95. The molecule has 0 saturated heterocycles. The molecule has 0 spiro atoms. The lowest BCUT2D eigenvalue weighted by atomic mass is 10.1. The molecule has 0 aliphatic heterocycles. The monoisotopic (exact) mass is 222 g/mol. The van der Waals surface area contributed by atoms with E-state index in [-0.39, 0.29) is 5.54 Å². The van der Waals surface area contributed by atoms with E-state index in [9.17, 15) is 4.39 Å². The summed E-state index contributed by atoms with van der Waals surface area (Å²) < 4.78 is 18.6. The Balaban J connectivity index is 2.86. The van der Waals surface area contributed by atoms with E-state index >= 15 is 0 Å². The second-order valence-corrected chi connectivity index (χ2v) is 4.25. The Morgan fingerprint density at radius 3 is 2.69 bits per heavy atom. The van der Waals surface area contributed by atoms with Crippen molar-refractivity contribution in [2.45, 2.75) is 19.4 Å². The van der Waals surface area contributed by atoms with E-state index in [0.717, 1.165) is 0 Å².